The molecule has 0 fully saturated rings. The number of amides is 1. The summed E-state index contributed by atoms with van der Waals surface area (Å²) in [7, 11) is 0. The second-order valence-corrected chi connectivity index (χ2v) is 6.80. The van der Waals surface area contributed by atoms with Gasteiger partial charge in [-0.15, -0.1) is 0 Å². The molecule has 0 aromatic heterocycles. The molecule has 3 aromatic carbocycles. The molecular formula is C22H19BrN2O2. The molecule has 0 unspecified atom stereocenters. The van der Waals surface area contributed by atoms with Crippen molar-refractivity contribution in [1.82, 2.24) is 5.32 Å². The molecule has 0 radical (unpaired) electrons. The topological polar surface area (TPSA) is 50.7 Å². The summed E-state index contributed by atoms with van der Waals surface area (Å²) in [6.45, 7) is -0.150. The Labute approximate surface area is 167 Å². The smallest absolute Gasteiger partial charge is 0.261 e. The molecule has 0 atom stereocenters. The van der Waals surface area contributed by atoms with Crippen molar-refractivity contribution in [3.05, 3.63) is 106 Å². The summed E-state index contributed by atoms with van der Waals surface area (Å²) in [5, 5.41) is 6.87. The Kier molecular flexibility index (Phi) is 6.77. The first-order valence-corrected chi connectivity index (χ1v) is 9.32. The zero-order chi connectivity index (χ0) is 18.9. The van der Waals surface area contributed by atoms with E-state index < -0.39 is 0 Å². The molecule has 0 aliphatic heterocycles. The predicted octanol–water partition coefficient (Wildman–Crippen LogP) is 4.71. The summed E-state index contributed by atoms with van der Waals surface area (Å²) in [6.07, 6.45) is 1.57. The lowest BCUT2D eigenvalue weighted by Crippen LogP contribution is -2.31. The van der Waals surface area contributed by atoms with Crippen molar-refractivity contribution in [2.24, 2.45) is 5.16 Å². The van der Waals surface area contributed by atoms with Crippen LogP contribution in [0.15, 0.2) is 94.6 Å². The molecule has 0 spiro atoms. The molecule has 1 N–H and O–H groups in total. The molecule has 3 rings (SSSR count). The molecule has 0 heterocycles. The largest absolute Gasteiger partial charge is 0.386 e. The van der Waals surface area contributed by atoms with Gasteiger partial charge in [0.25, 0.3) is 5.91 Å². The first kappa shape index (κ1) is 18.9. The van der Waals surface area contributed by atoms with E-state index in [2.05, 4.69) is 26.4 Å². The fourth-order valence-electron chi connectivity index (χ4n) is 2.60. The number of hydrogen-bond donors (Lipinski definition) is 1. The fourth-order valence-corrected chi connectivity index (χ4v) is 2.86. The van der Waals surface area contributed by atoms with E-state index >= 15 is 0 Å². The summed E-state index contributed by atoms with van der Waals surface area (Å²) >= 11 is 3.38. The van der Waals surface area contributed by atoms with E-state index in [1.54, 1.807) is 6.21 Å². The highest BCUT2D eigenvalue weighted by Gasteiger charge is 2.16. The number of hydrogen-bond acceptors (Lipinski definition) is 3. The van der Waals surface area contributed by atoms with Crippen LogP contribution in [0.3, 0.4) is 0 Å². The highest BCUT2D eigenvalue weighted by Crippen LogP contribution is 2.21. The molecule has 0 aliphatic rings. The van der Waals surface area contributed by atoms with Crippen molar-refractivity contribution in [1.29, 1.82) is 0 Å². The maximum absolute atomic E-state index is 12.3. The Morgan fingerprint density at radius 1 is 0.926 bits per heavy atom. The molecular weight excluding hydrogens is 404 g/mol. The van der Waals surface area contributed by atoms with E-state index in [9.17, 15) is 4.79 Å². The summed E-state index contributed by atoms with van der Waals surface area (Å²) in [4.78, 5) is 17.5. The molecule has 0 saturated heterocycles. The van der Waals surface area contributed by atoms with E-state index in [0.717, 1.165) is 21.2 Å². The molecule has 0 bridgehead atoms. The lowest BCUT2D eigenvalue weighted by molar-refractivity contribution is -0.126. The lowest BCUT2D eigenvalue weighted by atomic mass is 9.99. The van der Waals surface area contributed by atoms with Gasteiger partial charge in [-0.1, -0.05) is 93.9 Å². The van der Waals surface area contributed by atoms with Gasteiger partial charge in [0.1, 0.15) is 0 Å². The molecule has 4 nitrogen and oxygen atoms in total. The molecule has 136 valence electrons. The van der Waals surface area contributed by atoms with Crippen LogP contribution in [0.5, 0.6) is 0 Å². The summed E-state index contributed by atoms with van der Waals surface area (Å²) in [5.41, 5.74) is 2.91. The van der Waals surface area contributed by atoms with Gasteiger partial charge in [-0.2, -0.15) is 0 Å². The van der Waals surface area contributed by atoms with Crippen molar-refractivity contribution in [3.63, 3.8) is 0 Å². The van der Waals surface area contributed by atoms with Crippen LogP contribution in [0.1, 0.15) is 22.7 Å². The van der Waals surface area contributed by atoms with Gasteiger partial charge in [0.15, 0.2) is 6.61 Å². The lowest BCUT2D eigenvalue weighted by Gasteiger charge is -2.19. The van der Waals surface area contributed by atoms with Crippen molar-refractivity contribution in [2.75, 3.05) is 6.61 Å². The summed E-state index contributed by atoms with van der Waals surface area (Å²) in [6, 6.07) is 27.1. The molecule has 3 aromatic rings. The molecule has 5 heteroatoms. The van der Waals surface area contributed by atoms with Crippen LogP contribution in [0.25, 0.3) is 0 Å². The normalized spacial score (nSPS) is 10.9. The van der Waals surface area contributed by atoms with E-state index in [1.165, 1.54) is 0 Å². The van der Waals surface area contributed by atoms with E-state index in [1.807, 2.05) is 84.9 Å². The number of rotatable bonds is 7. The van der Waals surface area contributed by atoms with Gasteiger partial charge in [-0.3, -0.25) is 4.79 Å². The van der Waals surface area contributed by atoms with Crippen molar-refractivity contribution >= 4 is 28.1 Å². The SMILES string of the molecule is O=C(CO/N=C\c1ccc(Br)cc1)NC(c1ccccc1)c1ccccc1. The number of halogens is 1. The Balaban J connectivity index is 1.60. The van der Waals surface area contributed by atoms with Crippen molar-refractivity contribution < 1.29 is 9.63 Å². The Morgan fingerprint density at radius 3 is 2.04 bits per heavy atom. The number of carbonyl (C=O) groups is 1. The van der Waals surface area contributed by atoms with Crippen molar-refractivity contribution in [3.8, 4) is 0 Å². The first-order chi connectivity index (χ1) is 13.2. The van der Waals surface area contributed by atoms with Gasteiger partial charge in [-0.05, 0) is 28.8 Å². The standard InChI is InChI=1S/C22H19BrN2O2/c23-20-13-11-17(12-14-20)15-24-27-16-21(26)25-22(18-7-3-1-4-8-18)19-9-5-2-6-10-19/h1-15,22H,16H2,(H,25,26)/b24-15-. The average molecular weight is 423 g/mol. The van der Waals surface area contributed by atoms with Crippen LogP contribution in [0, 0.1) is 0 Å². The summed E-state index contributed by atoms with van der Waals surface area (Å²) < 4.78 is 0.993. The molecule has 0 aliphatic carbocycles. The van der Waals surface area contributed by atoms with Gasteiger partial charge in [0.05, 0.1) is 12.3 Å². The third-order valence-corrected chi connectivity index (χ3v) is 4.44. The Morgan fingerprint density at radius 2 is 1.48 bits per heavy atom. The highest BCUT2D eigenvalue weighted by molar-refractivity contribution is 9.10. The molecule has 1 amide bonds. The summed E-state index contributed by atoms with van der Waals surface area (Å²) in [5.74, 6) is -0.235. The van der Waals surface area contributed by atoms with Gasteiger partial charge < -0.3 is 10.2 Å². The van der Waals surface area contributed by atoms with Gasteiger partial charge in [0.2, 0.25) is 0 Å². The maximum atomic E-state index is 12.3. The van der Waals surface area contributed by atoms with Crippen LogP contribution >= 0.6 is 15.9 Å². The molecule has 27 heavy (non-hydrogen) atoms. The van der Waals surface area contributed by atoms with Crippen LogP contribution in [-0.2, 0) is 9.63 Å². The zero-order valence-corrected chi connectivity index (χ0v) is 16.2. The number of carbonyl (C=O) groups excluding carboxylic acids is 1. The van der Waals surface area contributed by atoms with E-state index in [4.69, 9.17) is 4.84 Å². The fraction of sp³-hybridized carbons (Fsp3) is 0.0909. The number of nitrogens with zero attached hydrogens (tertiary/aromatic N) is 1. The third kappa shape index (κ3) is 5.79. The minimum Gasteiger partial charge on any atom is -0.386 e. The predicted molar refractivity (Wildman–Crippen MR) is 111 cm³/mol. The minimum atomic E-state index is -0.237. The second kappa shape index (κ2) is 9.69. The minimum absolute atomic E-state index is 0.150. The van der Waals surface area contributed by atoms with Crippen LogP contribution < -0.4 is 5.32 Å². The first-order valence-electron chi connectivity index (χ1n) is 8.52. The number of oxime groups is 1. The average Bonchev–Trinajstić information content (AvgIpc) is 2.72. The van der Waals surface area contributed by atoms with Crippen LogP contribution in [0.4, 0.5) is 0 Å². The van der Waals surface area contributed by atoms with Gasteiger partial charge in [0, 0.05) is 4.47 Å². The Hall–Kier alpha value is -2.92. The van der Waals surface area contributed by atoms with Crippen LogP contribution in [-0.4, -0.2) is 18.7 Å². The van der Waals surface area contributed by atoms with Crippen molar-refractivity contribution in [2.45, 2.75) is 6.04 Å². The highest BCUT2D eigenvalue weighted by atomic mass is 79.9. The third-order valence-electron chi connectivity index (χ3n) is 3.91. The second-order valence-electron chi connectivity index (χ2n) is 5.88. The van der Waals surface area contributed by atoms with Crippen LogP contribution in [0.2, 0.25) is 0 Å². The molecule has 0 saturated carbocycles. The van der Waals surface area contributed by atoms with E-state index in [0.29, 0.717) is 0 Å². The number of benzene rings is 3. The number of nitrogens with one attached hydrogen (secondary N) is 1. The maximum Gasteiger partial charge on any atom is 0.261 e. The van der Waals surface area contributed by atoms with Gasteiger partial charge >= 0.3 is 0 Å². The monoisotopic (exact) mass is 422 g/mol. The van der Waals surface area contributed by atoms with Gasteiger partial charge in [-0.25, -0.2) is 0 Å². The van der Waals surface area contributed by atoms with E-state index in [-0.39, 0.29) is 18.6 Å². The quantitative estimate of drug-likeness (QED) is 0.442. The Bertz CT molecular complexity index is 842. The zero-order valence-electron chi connectivity index (χ0n) is 14.6.